The SMILES string of the molecule is O=C(NN=Cc1cccc(O)c1)c1ccc2nc(-c3ccc(Cl)cc3)[nH]c2c1. The third kappa shape index (κ3) is 3.87. The molecule has 1 heterocycles. The van der Waals surface area contributed by atoms with Crippen molar-refractivity contribution in [1.29, 1.82) is 0 Å². The summed E-state index contributed by atoms with van der Waals surface area (Å²) in [5, 5.41) is 14.0. The highest BCUT2D eigenvalue weighted by atomic mass is 35.5. The van der Waals surface area contributed by atoms with Crippen LogP contribution in [-0.2, 0) is 0 Å². The predicted molar refractivity (Wildman–Crippen MR) is 110 cm³/mol. The van der Waals surface area contributed by atoms with Crippen molar-refractivity contribution in [1.82, 2.24) is 15.4 Å². The van der Waals surface area contributed by atoms with Crippen LogP contribution in [0.3, 0.4) is 0 Å². The number of rotatable bonds is 4. The van der Waals surface area contributed by atoms with Crippen LogP contribution in [0.4, 0.5) is 0 Å². The van der Waals surface area contributed by atoms with Crippen LogP contribution >= 0.6 is 11.6 Å². The Morgan fingerprint density at radius 3 is 2.71 bits per heavy atom. The van der Waals surface area contributed by atoms with Crippen LogP contribution in [0, 0.1) is 0 Å². The molecule has 0 aliphatic heterocycles. The minimum atomic E-state index is -0.346. The summed E-state index contributed by atoms with van der Waals surface area (Å²) in [5.41, 5.74) is 6.01. The Balaban J connectivity index is 1.52. The monoisotopic (exact) mass is 390 g/mol. The van der Waals surface area contributed by atoms with Crippen molar-refractivity contribution in [2.75, 3.05) is 0 Å². The molecule has 1 aromatic heterocycles. The van der Waals surface area contributed by atoms with E-state index in [1.165, 1.54) is 6.21 Å². The lowest BCUT2D eigenvalue weighted by molar-refractivity contribution is 0.0955. The lowest BCUT2D eigenvalue weighted by atomic mass is 10.2. The number of phenolic OH excluding ortho intramolecular Hbond substituents is 1. The molecule has 138 valence electrons. The zero-order valence-electron chi connectivity index (χ0n) is 14.6. The minimum Gasteiger partial charge on any atom is -0.508 e. The standard InChI is InChI=1S/C21H15ClN4O2/c22-16-7-4-14(5-8-16)20-24-18-9-6-15(11-19(18)25-20)21(28)26-23-12-13-2-1-3-17(27)10-13/h1-12,27H,(H,24,25)(H,26,28). The lowest BCUT2D eigenvalue weighted by Gasteiger charge is -2.00. The second-order valence-electron chi connectivity index (χ2n) is 6.12. The van der Waals surface area contributed by atoms with Crippen molar-refractivity contribution in [3.8, 4) is 17.1 Å². The van der Waals surface area contributed by atoms with E-state index >= 15 is 0 Å². The average molecular weight is 391 g/mol. The molecule has 0 atom stereocenters. The van der Waals surface area contributed by atoms with Gasteiger partial charge < -0.3 is 10.1 Å². The predicted octanol–water partition coefficient (Wildman–Crippen LogP) is 4.35. The van der Waals surface area contributed by atoms with E-state index in [0.717, 1.165) is 16.6 Å². The highest BCUT2D eigenvalue weighted by molar-refractivity contribution is 6.30. The molecule has 0 aliphatic rings. The van der Waals surface area contributed by atoms with Gasteiger partial charge in [0.25, 0.3) is 5.91 Å². The number of imidazole rings is 1. The van der Waals surface area contributed by atoms with Gasteiger partial charge in [0.05, 0.1) is 17.2 Å². The van der Waals surface area contributed by atoms with E-state index < -0.39 is 0 Å². The molecule has 1 amide bonds. The van der Waals surface area contributed by atoms with Crippen molar-refractivity contribution >= 4 is 34.8 Å². The fourth-order valence-electron chi connectivity index (χ4n) is 2.73. The summed E-state index contributed by atoms with van der Waals surface area (Å²) in [5.74, 6) is 0.489. The number of carbonyl (C=O) groups is 1. The summed E-state index contributed by atoms with van der Waals surface area (Å²) in [6.45, 7) is 0. The number of aromatic nitrogens is 2. The van der Waals surface area contributed by atoms with E-state index in [1.54, 1.807) is 54.6 Å². The number of hydrogen-bond acceptors (Lipinski definition) is 4. The fourth-order valence-corrected chi connectivity index (χ4v) is 2.86. The quantitative estimate of drug-likeness (QED) is 0.357. The van der Waals surface area contributed by atoms with Crippen LogP contribution < -0.4 is 5.43 Å². The second kappa shape index (κ2) is 7.54. The number of phenols is 1. The molecule has 3 aromatic carbocycles. The van der Waals surface area contributed by atoms with Gasteiger partial charge in [-0.1, -0.05) is 23.7 Å². The molecule has 28 heavy (non-hydrogen) atoms. The first-order chi connectivity index (χ1) is 13.6. The highest BCUT2D eigenvalue weighted by Crippen LogP contribution is 2.22. The molecule has 0 radical (unpaired) electrons. The topological polar surface area (TPSA) is 90.4 Å². The van der Waals surface area contributed by atoms with Crippen molar-refractivity contribution in [3.05, 3.63) is 82.9 Å². The van der Waals surface area contributed by atoms with Crippen molar-refractivity contribution in [3.63, 3.8) is 0 Å². The normalized spacial score (nSPS) is 11.2. The van der Waals surface area contributed by atoms with Gasteiger partial charge >= 0.3 is 0 Å². The Kier molecular flexibility index (Phi) is 4.78. The summed E-state index contributed by atoms with van der Waals surface area (Å²) in [6.07, 6.45) is 1.46. The number of hydrogen-bond donors (Lipinski definition) is 3. The van der Waals surface area contributed by atoms with Gasteiger partial charge in [0.15, 0.2) is 0 Å². The number of hydrazone groups is 1. The Hall–Kier alpha value is -3.64. The van der Waals surface area contributed by atoms with Gasteiger partial charge in [0.2, 0.25) is 0 Å². The van der Waals surface area contributed by atoms with Gasteiger partial charge in [-0.05, 0) is 60.2 Å². The lowest BCUT2D eigenvalue weighted by Crippen LogP contribution is -2.17. The van der Waals surface area contributed by atoms with Crippen molar-refractivity contribution < 1.29 is 9.90 Å². The van der Waals surface area contributed by atoms with Gasteiger partial charge in [-0.3, -0.25) is 4.79 Å². The van der Waals surface area contributed by atoms with Crippen LogP contribution in [-0.4, -0.2) is 27.2 Å². The number of carbonyl (C=O) groups excluding carboxylic acids is 1. The van der Waals surface area contributed by atoms with Gasteiger partial charge in [-0.25, -0.2) is 10.4 Å². The van der Waals surface area contributed by atoms with Crippen molar-refractivity contribution in [2.24, 2.45) is 5.10 Å². The van der Waals surface area contributed by atoms with Crippen LogP contribution in [0.1, 0.15) is 15.9 Å². The zero-order chi connectivity index (χ0) is 19.5. The molecule has 0 fully saturated rings. The van der Waals surface area contributed by atoms with Gasteiger partial charge in [0, 0.05) is 16.1 Å². The third-order valence-corrected chi connectivity index (χ3v) is 4.36. The molecule has 7 heteroatoms. The van der Waals surface area contributed by atoms with E-state index in [1.807, 2.05) is 12.1 Å². The molecular formula is C21H15ClN4O2. The Labute approximate surface area is 165 Å². The summed E-state index contributed by atoms with van der Waals surface area (Å²) < 4.78 is 0. The van der Waals surface area contributed by atoms with E-state index in [2.05, 4.69) is 20.5 Å². The maximum Gasteiger partial charge on any atom is 0.271 e. The smallest absolute Gasteiger partial charge is 0.271 e. The largest absolute Gasteiger partial charge is 0.508 e. The summed E-state index contributed by atoms with van der Waals surface area (Å²) in [7, 11) is 0. The first kappa shape index (κ1) is 17.8. The molecule has 0 saturated carbocycles. The minimum absolute atomic E-state index is 0.136. The summed E-state index contributed by atoms with van der Waals surface area (Å²) in [4.78, 5) is 20.1. The average Bonchev–Trinajstić information content (AvgIpc) is 3.12. The van der Waals surface area contributed by atoms with Crippen LogP contribution in [0.5, 0.6) is 5.75 Å². The molecule has 3 N–H and O–H groups in total. The number of amides is 1. The Morgan fingerprint density at radius 2 is 1.93 bits per heavy atom. The molecular weight excluding hydrogens is 376 g/mol. The molecule has 0 saturated heterocycles. The first-order valence-electron chi connectivity index (χ1n) is 8.47. The number of aromatic hydroxyl groups is 1. The molecule has 0 unspecified atom stereocenters. The maximum atomic E-state index is 12.3. The second-order valence-corrected chi connectivity index (χ2v) is 6.55. The molecule has 6 nitrogen and oxygen atoms in total. The van der Waals surface area contributed by atoms with Gasteiger partial charge in [0.1, 0.15) is 11.6 Å². The number of fused-ring (bicyclic) bond motifs is 1. The summed E-state index contributed by atoms with van der Waals surface area (Å²) >= 11 is 5.92. The number of H-pyrrole nitrogens is 1. The van der Waals surface area contributed by atoms with E-state index in [4.69, 9.17) is 11.6 Å². The van der Waals surface area contributed by atoms with Crippen LogP contribution in [0.2, 0.25) is 5.02 Å². The number of nitrogens with zero attached hydrogens (tertiary/aromatic N) is 2. The van der Waals surface area contributed by atoms with E-state index in [0.29, 0.717) is 22.0 Å². The van der Waals surface area contributed by atoms with Gasteiger partial charge in [-0.15, -0.1) is 0 Å². The van der Waals surface area contributed by atoms with Crippen LogP contribution in [0.25, 0.3) is 22.4 Å². The van der Waals surface area contributed by atoms with E-state index in [-0.39, 0.29) is 11.7 Å². The molecule has 0 spiro atoms. The fraction of sp³-hybridized carbons (Fsp3) is 0. The maximum absolute atomic E-state index is 12.3. The number of benzene rings is 3. The van der Waals surface area contributed by atoms with Crippen LogP contribution in [0.15, 0.2) is 71.8 Å². The molecule has 4 rings (SSSR count). The van der Waals surface area contributed by atoms with Gasteiger partial charge in [-0.2, -0.15) is 5.10 Å². The molecule has 0 bridgehead atoms. The summed E-state index contributed by atoms with van der Waals surface area (Å²) in [6, 6.07) is 19.1. The van der Waals surface area contributed by atoms with E-state index in [9.17, 15) is 9.90 Å². The Bertz CT molecular complexity index is 1180. The highest BCUT2D eigenvalue weighted by Gasteiger charge is 2.09. The van der Waals surface area contributed by atoms with Crippen molar-refractivity contribution in [2.45, 2.75) is 0 Å². The third-order valence-electron chi connectivity index (χ3n) is 4.11. The number of aromatic amines is 1. The number of nitrogens with one attached hydrogen (secondary N) is 2. The molecule has 4 aromatic rings. The molecule has 0 aliphatic carbocycles. The number of halogens is 1. The first-order valence-corrected chi connectivity index (χ1v) is 8.84. The Morgan fingerprint density at radius 1 is 1.11 bits per heavy atom. The zero-order valence-corrected chi connectivity index (χ0v) is 15.3.